The van der Waals surface area contributed by atoms with Crippen LogP contribution >= 0.6 is 15.9 Å². The zero-order chi connectivity index (χ0) is 21.1. The molecule has 0 fully saturated rings. The molecule has 29 heavy (non-hydrogen) atoms. The van der Waals surface area contributed by atoms with Crippen molar-refractivity contribution in [2.24, 2.45) is 0 Å². The Hall–Kier alpha value is -3.00. The molecule has 0 aliphatic carbocycles. The maximum atomic E-state index is 13.8. The van der Waals surface area contributed by atoms with Gasteiger partial charge in [-0.2, -0.15) is 5.10 Å². The van der Waals surface area contributed by atoms with E-state index in [1.54, 1.807) is 11.6 Å². The van der Waals surface area contributed by atoms with Gasteiger partial charge in [-0.25, -0.2) is 13.9 Å². The molecule has 0 bridgehead atoms. The standard InChI is InChI=1S/C21H19BrFN3O3/c1-12-4-7-16(8-5-12)26-14(3)20(13(2)25-26)24-19(27)11-29-21(28)17-10-15(22)6-9-18(17)23/h4-10H,11H2,1-3H3,(H,24,27). The highest BCUT2D eigenvalue weighted by molar-refractivity contribution is 9.10. The third-order valence-corrected chi connectivity index (χ3v) is 4.81. The molecule has 0 aliphatic heterocycles. The van der Waals surface area contributed by atoms with Crippen molar-refractivity contribution in [3.63, 3.8) is 0 Å². The lowest BCUT2D eigenvalue weighted by atomic mass is 10.2. The minimum atomic E-state index is -0.914. The lowest BCUT2D eigenvalue weighted by Gasteiger charge is -2.09. The van der Waals surface area contributed by atoms with Crippen LogP contribution in [-0.2, 0) is 9.53 Å². The van der Waals surface area contributed by atoms with Gasteiger partial charge in [0.15, 0.2) is 6.61 Å². The number of aryl methyl sites for hydroxylation is 2. The number of halogens is 2. The largest absolute Gasteiger partial charge is 0.452 e. The first-order valence-corrected chi connectivity index (χ1v) is 9.61. The Labute approximate surface area is 175 Å². The quantitative estimate of drug-likeness (QED) is 0.570. The number of hydrogen-bond donors (Lipinski definition) is 1. The van der Waals surface area contributed by atoms with E-state index in [9.17, 15) is 14.0 Å². The topological polar surface area (TPSA) is 73.2 Å². The first-order valence-electron chi connectivity index (χ1n) is 8.81. The number of ether oxygens (including phenoxy) is 1. The van der Waals surface area contributed by atoms with E-state index in [0.717, 1.165) is 23.0 Å². The van der Waals surface area contributed by atoms with Gasteiger partial charge in [-0.3, -0.25) is 4.79 Å². The molecule has 3 rings (SSSR count). The van der Waals surface area contributed by atoms with Gasteiger partial charge in [-0.15, -0.1) is 0 Å². The van der Waals surface area contributed by atoms with Crippen LogP contribution in [0.4, 0.5) is 10.1 Å². The Morgan fingerprint density at radius 2 is 1.83 bits per heavy atom. The minimum absolute atomic E-state index is 0.244. The molecule has 1 aromatic heterocycles. The maximum Gasteiger partial charge on any atom is 0.341 e. The van der Waals surface area contributed by atoms with Crippen LogP contribution in [0.5, 0.6) is 0 Å². The van der Waals surface area contributed by atoms with E-state index in [4.69, 9.17) is 4.74 Å². The van der Waals surface area contributed by atoms with Crippen molar-refractivity contribution < 1.29 is 18.7 Å². The van der Waals surface area contributed by atoms with Crippen LogP contribution in [0.2, 0.25) is 0 Å². The van der Waals surface area contributed by atoms with Crippen molar-refractivity contribution in [3.8, 4) is 5.69 Å². The van der Waals surface area contributed by atoms with Gasteiger partial charge in [0.05, 0.1) is 28.3 Å². The highest BCUT2D eigenvalue weighted by Gasteiger charge is 2.18. The highest BCUT2D eigenvalue weighted by Crippen LogP contribution is 2.23. The van der Waals surface area contributed by atoms with E-state index in [2.05, 4.69) is 26.3 Å². The first-order chi connectivity index (χ1) is 13.8. The normalized spacial score (nSPS) is 10.7. The Bertz CT molecular complexity index is 1080. The molecule has 0 saturated heterocycles. The zero-order valence-electron chi connectivity index (χ0n) is 16.1. The fourth-order valence-corrected chi connectivity index (χ4v) is 3.16. The minimum Gasteiger partial charge on any atom is -0.452 e. The van der Waals surface area contributed by atoms with E-state index in [-0.39, 0.29) is 5.56 Å². The molecular formula is C21H19BrFN3O3. The third-order valence-electron chi connectivity index (χ3n) is 4.32. The van der Waals surface area contributed by atoms with E-state index >= 15 is 0 Å². The van der Waals surface area contributed by atoms with Gasteiger partial charge >= 0.3 is 5.97 Å². The van der Waals surface area contributed by atoms with Crippen molar-refractivity contribution in [1.82, 2.24) is 9.78 Å². The molecule has 1 amide bonds. The van der Waals surface area contributed by atoms with Crippen LogP contribution in [0.25, 0.3) is 5.69 Å². The molecule has 0 radical (unpaired) electrons. The number of rotatable bonds is 5. The molecule has 0 saturated carbocycles. The summed E-state index contributed by atoms with van der Waals surface area (Å²) in [4.78, 5) is 24.3. The van der Waals surface area contributed by atoms with Crippen LogP contribution in [-0.4, -0.2) is 28.3 Å². The fourth-order valence-electron chi connectivity index (χ4n) is 2.80. The number of nitrogens with zero attached hydrogens (tertiary/aromatic N) is 2. The van der Waals surface area contributed by atoms with Crippen molar-refractivity contribution >= 4 is 33.5 Å². The summed E-state index contributed by atoms with van der Waals surface area (Å²) >= 11 is 3.17. The van der Waals surface area contributed by atoms with Gasteiger partial charge in [0.25, 0.3) is 5.91 Å². The van der Waals surface area contributed by atoms with Gasteiger partial charge in [0, 0.05) is 4.47 Å². The molecule has 0 spiro atoms. The average Bonchev–Trinajstić information content (AvgIpc) is 2.97. The van der Waals surface area contributed by atoms with E-state index in [1.807, 2.05) is 38.1 Å². The Morgan fingerprint density at radius 1 is 1.14 bits per heavy atom. The molecule has 1 heterocycles. The Morgan fingerprint density at radius 3 is 2.52 bits per heavy atom. The monoisotopic (exact) mass is 459 g/mol. The number of carbonyl (C=O) groups excluding carboxylic acids is 2. The smallest absolute Gasteiger partial charge is 0.341 e. The second-order valence-corrected chi connectivity index (χ2v) is 7.46. The third kappa shape index (κ3) is 4.71. The number of nitrogens with one attached hydrogen (secondary N) is 1. The first kappa shape index (κ1) is 20.7. The van der Waals surface area contributed by atoms with Gasteiger partial charge in [0.2, 0.25) is 0 Å². The number of aromatic nitrogens is 2. The summed E-state index contributed by atoms with van der Waals surface area (Å²) in [5, 5.41) is 7.18. The van der Waals surface area contributed by atoms with Crippen LogP contribution in [0.3, 0.4) is 0 Å². The predicted octanol–water partition coefficient (Wildman–Crippen LogP) is 4.49. The summed E-state index contributed by atoms with van der Waals surface area (Å²) in [6.07, 6.45) is 0. The fraction of sp³-hybridized carbons (Fsp3) is 0.190. The molecule has 1 N–H and O–H groups in total. The number of benzene rings is 2. The van der Waals surface area contributed by atoms with E-state index in [0.29, 0.717) is 15.9 Å². The van der Waals surface area contributed by atoms with Gasteiger partial charge in [-0.1, -0.05) is 33.6 Å². The van der Waals surface area contributed by atoms with Crippen LogP contribution < -0.4 is 5.32 Å². The Balaban J connectivity index is 1.69. The van der Waals surface area contributed by atoms with Crippen LogP contribution in [0, 0.1) is 26.6 Å². The van der Waals surface area contributed by atoms with E-state index < -0.39 is 24.3 Å². The van der Waals surface area contributed by atoms with Crippen LogP contribution in [0.1, 0.15) is 27.3 Å². The molecule has 0 unspecified atom stereocenters. The molecule has 8 heteroatoms. The molecular weight excluding hydrogens is 441 g/mol. The Kier molecular flexibility index (Phi) is 6.12. The molecule has 2 aromatic carbocycles. The number of carbonyl (C=O) groups is 2. The summed E-state index contributed by atoms with van der Waals surface area (Å²) in [5.74, 6) is -2.17. The lowest BCUT2D eigenvalue weighted by Crippen LogP contribution is -2.22. The summed E-state index contributed by atoms with van der Waals surface area (Å²) in [6.45, 7) is 5.06. The van der Waals surface area contributed by atoms with Crippen molar-refractivity contribution in [2.75, 3.05) is 11.9 Å². The second kappa shape index (κ2) is 8.57. The van der Waals surface area contributed by atoms with Gasteiger partial charge in [-0.05, 0) is 51.1 Å². The highest BCUT2D eigenvalue weighted by atomic mass is 79.9. The number of amides is 1. The molecule has 3 aromatic rings. The van der Waals surface area contributed by atoms with Crippen molar-refractivity contribution in [3.05, 3.63) is 75.3 Å². The van der Waals surface area contributed by atoms with E-state index in [1.165, 1.54) is 12.1 Å². The zero-order valence-corrected chi connectivity index (χ0v) is 17.7. The molecule has 6 nitrogen and oxygen atoms in total. The summed E-state index contributed by atoms with van der Waals surface area (Å²) in [7, 11) is 0. The summed E-state index contributed by atoms with van der Waals surface area (Å²) in [5.41, 5.74) is 3.66. The number of hydrogen-bond acceptors (Lipinski definition) is 4. The van der Waals surface area contributed by atoms with Crippen LogP contribution in [0.15, 0.2) is 46.9 Å². The van der Waals surface area contributed by atoms with Crippen molar-refractivity contribution in [2.45, 2.75) is 20.8 Å². The van der Waals surface area contributed by atoms with Gasteiger partial charge in [0.1, 0.15) is 5.82 Å². The molecule has 0 atom stereocenters. The summed E-state index contributed by atoms with van der Waals surface area (Å²) < 4.78 is 21.0. The average molecular weight is 460 g/mol. The molecule has 0 aliphatic rings. The number of anilines is 1. The lowest BCUT2D eigenvalue weighted by molar-refractivity contribution is -0.119. The summed E-state index contributed by atoms with van der Waals surface area (Å²) in [6, 6.07) is 11.7. The predicted molar refractivity (Wildman–Crippen MR) is 111 cm³/mol. The second-order valence-electron chi connectivity index (χ2n) is 6.54. The van der Waals surface area contributed by atoms with Crippen molar-refractivity contribution in [1.29, 1.82) is 0 Å². The van der Waals surface area contributed by atoms with Gasteiger partial charge < -0.3 is 10.1 Å². The SMILES string of the molecule is Cc1ccc(-n2nc(C)c(NC(=O)COC(=O)c3cc(Br)ccc3F)c2C)cc1. The number of esters is 1. The molecule has 150 valence electrons. The maximum absolute atomic E-state index is 13.8.